The van der Waals surface area contributed by atoms with E-state index in [9.17, 15) is 13.2 Å². The summed E-state index contributed by atoms with van der Waals surface area (Å²) in [4.78, 5) is 0. The SMILES string of the molecule is FC(F)(F)c1ccc(CSCC2CCCNC2)cc1. The molecule has 1 saturated heterocycles. The van der Waals surface area contributed by atoms with Crippen LogP contribution in [0.5, 0.6) is 0 Å². The van der Waals surface area contributed by atoms with E-state index >= 15 is 0 Å². The second-order valence-electron chi connectivity index (χ2n) is 4.92. The number of benzene rings is 1. The molecule has 2 rings (SSSR count). The smallest absolute Gasteiger partial charge is 0.316 e. The van der Waals surface area contributed by atoms with Crippen molar-refractivity contribution in [3.05, 3.63) is 35.4 Å². The average Bonchev–Trinajstić information content (AvgIpc) is 2.39. The molecule has 19 heavy (non-hydrogen) atoms. The monoisotopic (exact) mass is 289 g/mol. The minimum atomic E-state index is -4.24. The third kappa shape index (κ3) is 4.73. The van der Waals surface area contributed by atoms with E-state index in [-0.39, 0.29) is 0 Å². The van der Waals surface area contributed by atoms with Crippen molar-refractivity contribution < 1.29 is 13.2 Å². The van der Waals surface area contributed by atoms with Gasteiger partial charge in [0.05, 0.1) is 5.56 Å². The van der Waals surface area contributed by atoms with Gasteiger partial charge >= 0.3 is 6.18 Å². The van der Waals surface area contributed by atoms with Crippen molar-refractivity contribution in [3.8, 4) is 0 Å². The normalized spacial score (nSPS) is 20.5. The molecule has 1 aliphatic heterocycles. The van der Waals surface area contributed by atoms with Crippen LogP contribution < -0.4 is 5.32 Å². The van der Waals surface area contributed by atoms with Gasteiger partial charge in [0.15, 0.2) is 0 Å². The molecule has 0 aliphatic carbocycles. The van der Waals surface area contributed by atoms with Crippen LogP contribution in [0.15, 0.2) is 24.3 Å². The third-order valence-corrected chi connectivity index (χ3v) is 4.55. The quantitative estimate of drug-likeness (QED) is 0.901. The number of rotatable bonds is 4. The molecule has 0 aromatic heterocycles. The number of alkyl halides is 3. The number of nitrogens with one attached hydrogen (secondary N) is 1. The van der Waals surface area contributed by atoms with E-state index in [0.29, 0.717) is 5.92 Å². The van der Waals surface area contributed by atoms with Crippen molar-refractivity contribution in [2.24, 2.45) is 5.92 Å². The lowest BCUT2D eigenvalue weighted by Gasteiger charge is -2.22. The molecule has 5 heteroatoms. The van der Waals surface area contributed by atoms with Crippen LogP contribution in [-0.2, 0) is 11.9 Å². The standard InChI is InChI=1S/C14H18F3NS/c15-14(16,17)13-5-3-11(4-6-13)9-19-10-12-2-1-7-18-8-12/h3-6,12,18H,1-2,7-10H2. The summed E-state index contributed by atoms with van der Waals surface area (Å²) in [6, 6.07) is 5.49. The van der Waals surface area contributed by atoms with Gasteiger partial charge in [-0.1, -0.05) is 12.1 Å². The number of halogens is 3. The zero-order valence-electron chi connectivity index (χ0n) is 10.7. The Morgan fingerprint density at radius 1 is 1.21 bits per heavy atom. The van der Waals surface area contributed by atoms with E-state index in [1.165, 1.54) is 12.8 Å². The van der Waals surface area contributed by atoms with Crippen molar-refractivity contribution in [2.45, 2.75) is 24.8 Å². The first-order valence-corrected chi connectivity index (χ1v) is 7.66. The zero-order chi connectivity index (χ0) is 13.7. The Morgan fingerprint density at radius 3 is 2.53 bits per heavy atom. The van der Waals surface area contributed by atoms with E-state index in [0.717, 1.165) is 42.3 Å². The van der Waals surface area contributed by atoms with Crippen molar-refractivity contribution in [3.63, 3.8) is 0 Å². The maximum Gasteiger partial charge on any atom is 0.416 e. The lowest BCUT2D eigenvalue weighted by atomic mass is 10.0. The molecule has 1 nitrogen and oxygen atoms in total. The molecule has 0 amide bonds. The highest BCUT2D eigenvalue weighted by Gasteiger charge is 2.29. The molecule has 1 unspecified atom stereocenters. The van der Waals surface area contributed by atoms with Crippen molar-refractivity contribution in [1.29, 1.82) is 0 Å². The first-order chi connectivity index (χ1) is 9.05. The molecular weight excluding hydrogens is 271 g/mol. The second-order valence-corrected chi connectivity index (χ2v) is 5.95. The Morgan fingerprint density at radius 2 is 1.95 bits per heavy atom. The first-order valence-electron chi connectivity index (χ1n) is 6.50. The molecule has 1 aliphatic rings. The fraction of sp³-hybridized carbons (Fsp3) is 0.571. The molecule has 1 aromatic carbocycles. The minimum absolute atomic E-state index is 0.572. The fourth-order valence-electron chi connectivity index (χ4n) is 2.20. The molecule has 106 valence electrons. The van der Waals surface area contributed by atoms with Gasteiger partial charge in [0.2, 0.25) is 0 Å². The van der Waals surface area contributed by atoms with Gasteiger partial charge < -0.3 is 5.32 Å². The lowest BCUT2D eigenvalue weighted by Crippen LogP contribution is -2.30. The summed E-state index contributed by atoms with van der Waals surface area (Å²) < 4.78 is 37.2. The molecule has 1 aromatic rings. The predicted molar refractivity (Wildman–Crippen MR) is 73.2 cm³/mol. The van der Waals surface area contributed by atoms with Crippen molar-refractivity contribution >= 4 is 11.8 Å². The summed E-state index contributed by atoms with van der Waals surface area (Å²) in [5.41, 5.74) is 0.388. The largest absolute Gasteiger partial charge is 0.416 e. The Kier molecular flexibility index (Phi) is 5.16. The van der Waals surface area contributed by atoms with Gasteiger partial charge in [-0.25, -0.2) is 0 Å². The van der Waals surface area contributed by atoms with Crippen LogP contribution in [0, 0.1) is 5.92 Å². The van der Waals surface area contributed by atoms with Gasteiger partial charge in [-0.3, -0.25) is 0 Å². The molecule has 0 radical (unpaired) electrons. The molecule has 0 spiro atoms. The van der Waals surface area contributed by atoms with E-state index < -0.39 is 11.7 Å². The number of hydrogen-bond acceptors (Lipinski definition) is 2. The topological polar surface area (TPSA) is 12.0 Å². The Balaban J connectivity index is 1.76. The lowest BCUT2D eigenvalue weighted by molar-refractivity contribution is -0.137. The van der Waals surface area contributed by atoms with Crippen LogP contribution >= 0.6 is 11.8 Å². The van der Waals surface area contributed by atoms with Crippen molar-refractivity contribution in [1.82, 2.24) is 5.32 Å². The Labute approximate surface area is 116 Å². The third-order valence-electron chi connectivity index (χ3n) is 3.30. The van der Waals surface area contributed by atoms with E-state index in [1.807, 2.05) is 0 Å². The van der Waals surface area contributed by atoms with Crippen LogP contribution in [0.3, 0.4) is 0 Å². The van der Waals surface area contributed by atoms with Gasteiger partial charge in [0.25, 0.3) is 0 Å². The van der Waals surface area contributed by atoms with Crippen molar-refractivity contribution in [2.75, 3.05) is 18.8 Å². The fourth-order valence-corrected chi connectivity index (χ4v) is 3.36. The molecule has 1 fully saturated rings. The molecule has 1 heterocycles. The summed E-state index contributed by atoms with van der Waals surface area (Å²) in [6.45, 7) is 2.18. The Bertz CT molecular complexity index is 383. The zero-order valence-corrected chi connectivity index (χ0v) is 11.5. The number of hydrogen-bond donors (Lipinski definition) is 1. The highest BCUT2D eigenvalue weighted by atomic mass is 32.2. The van der Waals surface area contributed by atoms with Gasteiger partial charge in [0.1, 0.15) is 0 Å². The summed E-state index contributed by atoms with van der Waals surface area (Å²) in [5, 5.41) is 3.37. The maximum absolute atomic E-state index is 12.4. The number of piperidine rings is 1. The van der Waals surface area contributed by atoms with Crippen LogP contribution in [0.1, 0.15) is 24.0 Å². The summed E-state index contributed by atoms with van der Waals surface area (Å²) >= 11 is 1.80. The highest BCUT2D eigenvalue weighted by Crippen LogP contribution is 2.29. The highest BCUT2D eigenvalue weighted by molar-refractivity contribution is 7.98. The van der Waals surface area contributed by atoms with Crippen LogP contribution in [0.25, 0.3) is 0 Å². The minimum Gasteiger partial charge on any atom is -0.316 e. The first kappa shape index (κ1) is 14.7. The van der Waals surface area contributed by atoms with E-state index in [2.05, 4.69) is 5.32 Å². The summed E-state index contributed by atoms with van der Waals surface area (Å²) in [6.07, 6.45) is -1.75. The van der Waals surface area contributed by atoms with E-state index in [1.54, 1.807) is 23.9 Å². The van der Waals surface area contributed by atoms with Crippen LogP contribution in [0.4, 0.5) is 13.2 Å². The van der Waals surface area contributed by atoms with Gasteiger partial charge in [-0.2, -0.15) is 24.9 Å². The molecular formula is C14H18F3NS. The summed E-state index contributed by atoms with van der Waals surface area (Å²) in [5.74, 6) is 2.57. The predicted octanol–water partition coefficient (Wildman–Crippen LogP) is 3.94. The summed E-state index contributed by atoms with van der Waals surface area (Å²) in [7, 11) is 0. The van der Waals surface area contributed by atoms with E-state index in [4.69, 9.17) is 0 Å². The molecule has 1 atom stereocenters. The van der Waals surface area contributed by atoms with Gasteiger partial charge in [0, 0.05) is 5.75 Å². The maximum atomic E-state index is 12.4. The molecule has 0 bridgehead atoms. The second kappa shape index (κ2) is 6.66. The molecule has 1 N–H and O–H groups in total. The molecule has 0 saturated carbocycles. The average molecular weight is 289 g/mol. The van der Waals surface area contributed by atoms with Gasteiger partial charge in [-0.15, -0.1) is 0 Å². The van der Waals surface area contributed by atoms with Gasteiger partial charge in [-0.05, 0) is 55.3 Å². The van der Waals surface area contributed by atoms with Crippen LogP contribution in [-0.4, -0.2) is 18.8 Å². The Hall–Kier alpha value is -0.680. The van der Waals surface area contributed by atoms with Crippen LogP contribution in [0.2, 0.25) is 0 Å². The number of thioether (sulfide) groups is 1.